The van der Waals surface area contributed by atoms with Gasteiger partial charge in [-0.2, -0.15) is 0 Å². The standard InChI is InChI=1S/C34H29NO/c1-2-26-8-10-27(11-9-26)24-36-25-28-12-14-30(15-13-28)32-18-22-34(23-19-32)35-33-20-16-31(17-21-33)29-6-4-3-5-7-29/h2-23,35H,1,24-25H2. The molecule has 0 spiro atoms. The van der Waals surface area contributed by atoms with Gasteiger partial charge in [0.05, 0.1) is 13.2 Å². The molecule has 0 aliphatic rings. The number of benzene rings is 5. The Morgan fingerprint density at radius 1 is 0.500 bits per heavy atom. The van der Waals surface area contributed by atoms with Crippen LogP contribution in [0.25, 0.3) is 28.3 Å². The van der Waals surface area contributed by atoms with E-state index in [-0.39, 0.29) is 0 Å². The molecule has 0 saturated carbocycles. The molecule has 0 heterocycles. The minimum atomic E-state index is 0.593. The van der Waals surface area contributed by atoms with Crippen molar-refractivity contribution in [3.05, 3.63) is 151 Å². The fourth-order valence-corrected chi connectivity index (χ4v) is 4.12. The predicted molar refractivity (Wildman–Crippen MR) is 152 cm³/mol. The van der Waals surface area contributed by atoms with Crippen LogP contribution < -0.4 is 5.32 Å². The molecule has 5 aromatic carbocycles. The quantitative estimate of drug-likeness (QED) is 0.233. The molecule has 0 saturated heterocycles. The first-order valence-corrected chi connectivity index (χ1v) is 12.2. The molecule has 2 heteroatoms. The van der Waals surface area contributed by atoms with Gasteiger partial charge in [-0.3, -0.25) is 0 Å². The summed E-state index contributed by atoms with van der Waals surface area (Å²) in [6, 6.07) is 44.4. The normalized spacial score (nSPS) is 10.7. The SMILES string of the molecule is C=Cc1ccc(COCc2ccc(-c3ccc(Nc4ccc(-c5ccccc5)cc4)cc3)cc2)cc1. The van der Waals surface area contributed by atoms with Crippen molar-refractivity contribution in [1.82, 2.24) is 0 Å². The Bertz CT molecular complexity index is 1390. The van der Waals surface area contributed by atoms with Crippen LogP contribution in [0, 0.1) is 0 Å². The van der Waals surface area contributed by atoms with Crippen molar-refractivity contribution < 1.29 is 4.74 Å². The summed E-state index contributed by atoms with van der Waals surface area (Å²) in [5.41, 5.74) is 10.4. The Kier molecular flexibility index (Phi) is 7.36. The van der Waals surface area contributed by atoms with E-state index >= 15 is 0 Å². The van der Waals surface area contributed by atoms with E-state index in [4.69, 9.17) is 4.74 Å². The molecule has 0 unspecified atom stereocenters. The highest BCUT2D eigenvalue weighted by Crippen LogP contribution is 2.26. The molecule has 1 N–H and O–H groups in total. The van der Waals surface area contributed by atoms with E-state index in [0.29, 0.717) is 13.2 Å². The Morgan fingerprint density at radius 2 is 0.917 bits per heavy atom. The molecule has 36 heavy (non-hydrogen) atoms. The molecule has 2 nitrogen and oxygen atoms in total. The molecule has 0 radical (unpaired) electrons. The van der Waals surface area contributed by atoms with E-state index in [9.17, 15) is 0 Å². The molecular weight excluding hydrogens is 438 g/mol. The first-order valence-electron chi connectivity index (χ1n) is 12.2. The van der Waals surface area contributed by atoms with Crippen LogP contribution in [-0.4, -0.2) is 0 Å². The summed E-state index contributed by atoms with van der Waals surface area (Å²) in [6.07, 6.45) is 1.85. The monoisotopic (exact) mass is 467 g/mol. The van der Waals surface area contributed by atoms with Crippen LogP contribution in [0.15, 0.2) is 134 Å². The summed E-state index contributed by atoms with van der Waals surface area (Å²) in [5, 5.41) is 3.49. The molecule has 0 atom stereocenters. The Labute approximate surface area is 213 Å². The van der Waals surface area contributed by atoms with Crippen LogP contribution in [0.1, 0.15) is 16.7 Å². The van der Waals surface area contributed by atoms with E-state index in [1.807, 2.05) is 12.1 Å². The maximum atomic E-state index is 5.90. The minimum Gasteiger partial charge on any atom is -0.372 e. The zero-order chi connectivity index (χ0) is 24.6. The maximum Gasteiger partial charge on any atom is 0.0721 e. The number of hydrogen-bond donors (Lipinski definition) is 1. The van der Waals surface area contributed by atoms with Gasteiger partial charge >= 0.3 is 0 Å². The van der Waals surface area contributed by atoms with E-state index < -0.39 is 0 Å². The number of anilines is 2. The zero-order valence-electron chi connectivity index (χ0n) is 20.2. The van der Waals surface area contributed by atoms with Crippen LogP contribution >= 0.6 is 0 Å². The molecule has 0 bridgehead atoms. The van der Waals surface area contributed by atoms with E-state index in [2.05, 4.69) is 133 Å². The third-order valence-electron chi connectivity index (χ3n) is 6.21. The molecule has 176 valence electrons. The van der Waals surface area contributed by atoms with Crippen LogP contribution in [0.2, 0.25) is 0 Å². The number of hydrogen-bond acceptors (Lipinski definition) is 2. The molecule has 0 amide bonds. The molecule has 5 rings (SSSR count). The fraction of sp³-hybridized carbons (Fsp3) is 0.0588. The Morgan fingerprint density at radius 3 is 1.39 bits per heavy atom. The lowest BCUT2D eigenvalue weighted by atomic mass is 10.0. The lowest BCUT2D eigenvalue weighted by molar-refractivity contribution is 0.107. The lowest BCUT2D eigenvalue weighted by Gasteiger charge is -2.10. The summed E-state index contributed by atoms with van der Waals surface area (Å²) >= 11 is 0. The highest BCUT2D eigenvalue weighted by atomic mass is 16.5. The van der Waals surface area contributed by atoms with Gasteiger partial charge in [-0.25, -0.2) is 0 Å². The Hall–Kier alpha value is -4.40. The van der Waals surface area contributed by atoms with Crippen LogP contribution in [0.3, 0.4) is 0 Å². The van der Waals surface area contributed by atoms with Crippen LogP contribution in [-0.2, 0) is 18.0 Å². The highest BCUT2D eigenvalue weighted by Gasteiger charge is 2.02. The van der Waals surface area contributed by atoms with Gasteiger partial charge in [0.15, 0.2) is 0 Å². The minimum absolute atomic E-state index is 0.593. The predicted octanol–water partition coefficient (Wildman–Crippen LogP) is 9.12. The smallest absolute Gasteiger partial charge is 0.0721 e. The zero-order valence-corrected chi connectivity index (χ0v) is 20.2. The van der Waals surface area contributed by atoms with Crippen molar-refractivity contribution in [3.8, 4) is 22.3 Å². The molecular formula is C34H29NO. The third kappa shape index (κ3) is 5.99. The second kappa shape index (κ2) is 11.4. The highest BCUT2D eigenvalue weighted by molar-refractivity contribution is 5.71. The number of ether oxygens (including phenoxy) is 1. The molecule has 0 aliphatic carbocycles. The maximum absolute atomic E-state index is 5.90. The van der Waals surface area contributed by atoms with Crippen molar-refractivity contribution in [2.75, 3.05) is 5.32 Å². The van der Waals surface area contributed by atoms with Crippen molar-refractivity contribution in [2.45, 2.75) is 13.2 Å². The fourth-order valence-electron chi connectivity index (χ4n) is 4.12. The number of rotatable bonds is 9. The van der Waals surface area contributed by atoms with E-state index in [1.165, 1.54) is 27.8 Å². The lowest BCUT2D eigenvalue weighted by Crippen LogP contribution is -1.94. The van der Waals surface area contributed by atoms with Crippen molar-refractivity contribution in [3.63, 3.8) is 0 Å². The van der Waals surface area contributed by atoms with Crippen molar-refractivity contribution in [2.24, 2.45) is 0 Å². The molecule has 0 fully saturated rings. The molecule has 0 aromatic heterocycles. The van der Waals surface area contributed by atoms with Crippen LogP contribution in [0.4, 0.5) is 11.4 Å². The average Bonchev–Trinajstić information content (AvgIpc) is 2.95. The second-order valence-electron chi connectivity index (χ2n) is 8.78. The largest absolute Gasteiger partial charge is 0.372 e. The van der Waals surface area contributed by atoms with Gasteiger partial charge < -0.3 is 10.1 Å². The Balaban J connectivity index is 1.15. The molecule has 5 aromatic rings. The van der Waals surface area contributed by atoms with Gasteiger partial charge in [-0.05, 0) is 63.2 Å². The van der Waals surface area contributed by atoms with Gasteiger partial charge in [-0.1, -0.05) is 116 Å². The van der Waals surface area contributed by atoms with Crippen LogP contribution in [0.5, 0.6) is 0 Å². The van der Waals surface area contributed by atoms with Gasteiger partial charge in [0, 0.05) is 11.4 Å². The topological polar surface area (TPSA) is 21.3 Å². The number of nitrogens with one attached hydrogen (secondary N) is 1. The van der Waals surface area contributed by atoms with E-state index in [0.717, 1.165) is 22.5 Å². The summed E-state index contributed by atoms with van der Waals surface area (Å²) in [4.78, 5) is 0. The van der Waals surface area contributed by atoms with Gasteiger partial charge in [0.25, 0.3) is 0 Å². The van der Waals surface area contributed by atoms with E-state index in [1.54, 1.807) is 0 Å². The van der Waals surface area contributed by atoms with Gasteiger partial charge in [-0.15, -0.1) is 0 Å². The summed E-state index contributed by atoms with van der Waals surface area (Å²) in [6.45, 7) is 4.98. The summed E-state index contributed by atoms with van der Waals surface area (Å²) < 4.78 is 5.90. The first kappa shape index (κ1) is 23.3. The van der Waals surface area contributed by atoms with Crippen molar-refractivity contribution >= 4 is 17.5 Å². The average molecular weight is 468 g/mol. The van der Waals surface area contributed by atoms with Crippen molar-refractivity contribution in [1.29, 1.82) is 0 Å². The van der Waals surface area contributed by atoms with Gasteiger partial charge in [0.2, 0.25) is 0 Å². The third-order valence-corrected chi connectivity index (χ3v) is 6.21. The summed E-state index contributed by atoms with van der Waals surface area (Å²) in [5.74, 6) is 0. The molecule has 0 aliphatic heterocycles. The second-order valence-corrected chi connectivity index (χ2v) is 8.78. The summed E-state index contributed by atoms with van der Waals surface area (Å²) in [7, 11) is 0. The first-order chi connectivity index (χ1) is 17.8. The van der Waals surface area contributed by atoms with Gasteiger partial charge in [0.1, 0.15) is 0 Å².